The van der Waals surface area contributed by atoms with Crippen LogP contribution in [-0.4, -0.2) is 75.7 Å². The molecule has 2 fully saturated rings. The van der Waals surface area contributed by atoms with Gasteiger partial charge in [0.05, 0.1) is 30.7 Å². The van der Waals surface area contributed by atoms with Crippen LogP contribution in [0.2, 0.25) is 0 Å². The van der Waals surface area contributed by atoms with Gasteiger partial charge in [0.25, 0.3) is 0 Å². The van der Waals surface area contributed by atoms with Crippen molar-refractivity contribution in [2.75, 3.05) is 13.2 Å². The van der Waals surface area contributed by atoms with E-state index in [1.165, 1.54) is 11.8 Å². The molecule has 0 unspecified atom stereocenters. The number of hydrogen-bond acceptors (Lipinski definition) is 7. The monoisotopic (exact) mass is 462 g/mol. The van der Waals surface area contributed by atoms with Crippen LogP contribution < -0.4 is 0 Å². The number of cyclic esters (lactones) is 1. The molecule has 2 saturated heterocycles. The van der Waals surface area contributed by atoms with Crippen LogP contribution in [0.25, 0.3) is 0 Å². The van der Waals surface area contributed by atoms with Crippen LogP contribution in [-0.2, 0) is 25.4 Å². The fraction of sp³-hybridized carbons (Fsp3) is 0.625. The third-order valence-corrected chi connectivity index (χ3v) is 5.92. The Labute approximate surface area is 194 Å². The van der Waals surface area contributed by atoms with Crippen molar-refractivity contribution in [3.05, 3.63) is 35.9 Å². The molecule has 0 aliphatic carbocycles. The summed E-state index contributed by atoms with van der Waals surface area (Å²) < 4.78 is 16.4. The van der Waals surface area contributed by atoms with Crippen molar-refractivity contribution in [2.24, 2.45) is 5.92 Å². The number of rotatable bonds is 5. The predicted octanol–water partition coefficient (Wildman–Crippen LogP) is 2.95. The van der Waals surface area contributed by atoms with Crippen LogP contribution in [0.5, 0.6) is 0 Å². The summed E-state index contributed by atoms with van der Waals surface area (Å²) in [5.41, 5.74) is -0.802. The minimum atomic E-state index is -1.28. The normalized spacial score (nSPS) is 24.4. The number of benzene rings is 1. The zero-order valence-corrected chi connectivity index (χ0v) is 20.1. The maximum atomic E-state index is 13.3. The Kier molecular flexibility index (Phi) is 7.04. The van der Waals surface area contributed by atoms with Crippen LogP contribution in [0.4, 0.5) is 9.59 Å². The van der Waals surface area contributed by atoms with E-state index in [1.807, 2.05) is 30.3 Å². The molecular formula is C24H34N2O7. The van der Waals surface area contributed by atoms with Gasteiger partial charge in [-0.2, -0.15) is 0 Å². The van der Waals surface area contributed by atoms with Gasteiger partial charge in [-0.1, -0.05) is 37.3 Å². The van der Waals surface area contributed by atoms with Crippen LogP contribution in [0.15, 0.2) is 30.3 Å². The van der Waals surface area contributed by atoms with Crippen molar-refractivity contribution in [1.82, 2.24) is 9.80 Å². The number of hydrogen-bond donors (Lipinski definition) is 1. The van der Waals surface area contributed by atoms with Crippen molar-refractivity contribution < 1.29 is 33.7 Å². The predicted molar refractivity (Wildman–Crippen MR) is 119 cm³/mol. The van der Waals surface area contributed by atoms with Gasteiger partial charge in [0.15, 0.2) is 0 Å². The zero-order chi connectivity index (χ0) is 24.6. The van der Waals surface area contributed by atoms with E-state index in [9.17, 15) is 19.5 Å². The smallest absolute Gasteiger partial charge is 0.416 e. The Hall–Kier alpha value is -2.65. The molecule has 0 bridgehead atoms. The van der Waals surface area contributed by atoms with E-state index in [0.717, 1.165) is 10.5 Å². The van der Waals surface area contributed by atoms with Crippen LogP contribution >= 0.6 is 0 Å². The molecule has 33 heavy (non-hydrogen) atoms. The Balaban J connectivity index is 1.77. The summed E-state index contributed by atoms with van der Waals surface area (Å²) in [7, 11) is 0. The first-order chi connectivity index (χ1) is 15.3. The summed E-state index contributed by atoms with van der Waals surface area (Å²) in [6.45, 7) is 10.3. The minimum absolute atomic E-state index is 0.0307. The molecule has 182 valence electrons. The summed E-state index contributed by atoms with van der Waals surface area (Å²) in [6, 6.07) is 8.21. The van der Waals surface area contributed by atoms with E-state index in [1.54, 1.807) is 34.6 Å². The van der Waals surface area contributed by atoms with Gasteiger partial charge in [0, 0.05) is 0 Å². The first-order valence-corrected chi connectivity index (χ1v) is 11.2. The highest BCUT2D eigenvalue weighted by molar-refractivity contribution is 5.95. The fourth-order valence-electron chi connectivity index (χ4n) is 4.22. The number of imide groups is 1. The summed E-state index contributed by atoms with van der Waals surface area (Å²) in [6.07, 6.45) is -2.20. The Bertz CT molecular complexity index is 881. The van der Waals surface area contributed by atoms with Crippen molar-refractivity contribution in [3.63, 3.8) is 0 Å². The molecule has 0 aromatic heterocycles. The largest absolute Gasteiger partial charge is 0.447 e. The van der Waals surface area contributed by atoms with E-state index in [-0.39, 0.29) is 13.2 Å². The average molecular weight is 463 g/mol. The molecule has 9 heteroatoms. The van der Waals surface area contributed by atoms with Crippen molar-refractivity contribution in [2.45, 2.75) is 77.5 Å². The van der Waals surface area contributed by atoms with Gasteiger partial charge < -0.3 is 19.3 Å². The van der Waals surface area contributed by atoms with Crippen molar-refractivity contribution in [3.8, 4) is 0 Å². The lowest BCUT2D eigenvalue weighted by atomic mass is 9.94. The second-order valence-electron chi connectivity index (χ2n) is 10.1. The van der Waals surface area contributed by atoms with Gasteiger partial charge in [-0.05, 0) is 46.6 Å². The van der Waals surface area contributed by atoms with Gasteiger partial charge in [0.2, 0.25) is 5.91 Å². The highest BCUT2D eigenvalue weighted by atomic mass is 16.6. The minimum Gasteiger partial charge on any atom is -0.447 e. The number of nitrogens with zero attached hydrogens (tertiary/aromatic N) is 2. The van der Waals surface area contributed by atoms with Crippen molar-refractivity contribution in [1.29, 1.82) is 0 Å². The maximum absolute atomic E-state index is 13.3. The highest BCUT2D eigenvalue weighted by Crippen LogP contribution is 2.33. The molecule has 0 radical (unpaired) electrons. The number of carbonyl (C=O) groups is 3. The third-order valence-electron chi connectivity index (χ3n) is 5.92. The lowest BCUT2D eigenvalue weighted by Gasteiger charge is -2.37. The molecule has 3 rings (SSSR count). The number of aliphatic hydroxyl groups excluding tert-OH is 1. The van der Waals surface area contributed by atoms with Crippen LogP contribution in [0, 0.1) is 5.92 Å². The SMILES string of the molecule is C[C@H](C(=O)N1C(=O)OC[C@H]1Cc1ccccc1)[C@H](O)[C@@H]1COC(C)(C)N1C(=O)OC(C)(C)C. The number of carbonyl (C=O) groups excluding carboxylic acids is 3. The number of ether oxygens (including phenoxy) is 3. The number of aliphatic hydroxyl groups is 1. The maximum Gasteiger partial charge on any atom is 0.416 e. The Morgan fingerprint density at radius 2 is 1.85 bits per heavy atom. The summed E-state index contributed by atoms with van der Waals surface area (Å²) in [5.74, 6) is -1.54. The first-order valence-electron chi connectivity index (χ1n) is 11.2. The van der Waals surface area contributed by atoms with Crippen LogP contribution in [0.1, 0.15) is 47.1 Å². The van der Waals surface area contributed by atoms with Crippen molar-refractivity contribution >= 4 is 18.1 Å². The van der Waals surface area contributed by atoms with Crippen LogP contribution in [0.3, 0.4) is 0 Å². The number of amides is 3. The van der Waals surface area contributed by atoms with E-state index >= 15 is 0 Å². The van der Waals surface area contributed by atoms with Gasteiger partial charge in [-0.25, -0.2) is 14.5 Å². The molecule has 1 aromatic rings. The summed E-state index contributed by atoms with van der Waals surface area (Å²) in [5, 5.41) is 11.1. The molecular weight excluding hydrogens is 428 g/mol. The Morgan fingerprint density at radius 1 is 1.21 bits per heavy atom. The highest BCUT2D eigenvalue weighted by Gasteiger charge is 2.51. The molecule has 0 spiro atoms. The third kappa shape index (κ3) is 5.47. The first kappa shape index (κ1) is 25.0. The fourth-order valence-corrected chi connectivity index (χ4v) is 4.22. The second kappa shape index (κ2) is 9.30. The molecule has 3 amide bonds. The second-order valence-corrected chi connectivity index (χ2v) is 10.1. The zero-order valence-electron chi connectivity index (χ0n) is 20.1. The lowest BCUT2D eigenvalue weighted by molar-refractivity contribution is -0.138. The molecule has 9 nitrogen and oxygen atoms in total. The molecule has 4 atom stereocenters. The van der Waals surface area contributed by atoms with Gasteiger partial charge in [-0.3, -0.25) is 9.69 Å². The van der Waals surface area contributed by atoms with E-state index in [4.69, 9.17) is 14.2 Å². The van der Waals surface area contributed by atoms with E-state index in [0.29, 0.717) is 6.42 Å². The lowest BCUT2D eigenvalue weighted by Crippen LogP contribution is -2.56. The topological polar surface area (TPSA) is 106 Å². The van der Waals surface area contributed by atoms with Gasteiger partial charge in [0.1, 0.15) is 17.9 Å². The molecule has 1 aromatic carbocycles. The van der Waals surface area contributed by atoms with Gasteiger partial charge in [-0.15, -0.1) is 0 Å². The molecule has 2 aliphatic rings. The van der Waals surface area contributed by atoms with E-state index < -0.39 is 53.5 Å². The summed E-state index contributed by atoms with van der Waals surface area (Å²) >= 11 is 0. The standard InChI is InChI=1S/C24H34N2O7/c1-15(19(27)18-14-32-24(5,6)26(18)22(30)33-23(2,3)4)20(28)25-17(13-31-21(25)29)12-16-10-8-7-9-11-16/h7-11,15,17-19,27H,12-14H2,1-6H3/t15-,17+,18-,19-/m0/s1. The van der Waals surface area contributed by atoms with E-state index in [2.05, 4.69) is 0 Å². The average Bonchev–Trinajstić information content (AvgIpc) is 3.24. The summed E-state index contributed by atoms with van der Waals surface area (Å²) in [4.78, 5) is 41.0. The Morgan fingerprint density at radius 3 is 2.45 bits per heavy atom. The molecule has 1 N–H and O–H groups in total. The molecule has 2 heterocycles. The van der Waals surface area contributed by atoms with Gasteiger partial charge >= 0.3 is 12.2 Å². The molecule has 0 saturated carbocycles. The molecule has 2 aliphatic heterocycles. The quantitative estimate of drug-likeness (QED) is 0.717.